The molecule has 0 saturated carbocycles. The van der Waals surface area contributed by atoms with Crippen LogP contribution in [0.15, 0.2) is 29.3 Å². The summed E-state index contributed by atoms with van der Waals surface area (Å²) >= 11 is 0. The van der Waals surface area contributed by atoms with Gasteiger partial charge in [0, 0.05) is 26.7 Å². The van der Waals surface area contributed by atoms with Gasteiger partial charge in [-0.2, -0.15) is 0 Å². The highest BCUT2D eigenvalue weighted by Gasteiger charge is 2.27. The second-order valence-corrected chi connectivity index (χ2v) is 8.30. The summed E-state index contributed by atoms with van der Waals surface area (Å²) in [4.78, 5) is 18.5. The van der Waals surface area contributed by atoms with Gasteiger partial charge in [-0.3, -0.25) is 4.99 Å². The number of likely N-dealkylation sites (tertiary alicyclic amines) is 1. The highest BCUT2D eigenvalue weighted by atomic mass is 127. The summed E-state index contributed by atoms with van der Waals surface area (Å²) < 4.78 is 11.0. The number of nitrogens with zero attached hydrogens (tertiary/aromatic N) is 2. The van der Waals surface area contributed by atoms with Crippen molar-refractivity contribution in [2.75, 3.05) is 33.3 Å². The summed E-state index contributed by atoms with van der Waals surface area (Å²) in [5.41, 5.74) is 0.742. The summed E-state index contributed by atoms with van der Waals surface area (Å²) in [7, 11) is 1.79. The molecule has 1 saturated heterocycles. The van der Waals surface area contributed by atoms with E-state index in [0.717, 1.165) is 57.2 Å². The minimum atomic E-state index is -0.487. The van der Waals surface area contributed by atoms with Crippen LogP contribution >= 0.6 is 24.0 Å². The summed E-state index contributed by atoms with van der Waals surface area (Å²) in [6.07, 6.45) is 2.39. The van der Waals surface area contributed by atoms with E-state index < -0.39 is 5.60 Å². The standard InChI is InChI=1S/C22H36N4O3.HI/c1-6-14-28-19-9-7-8-17(15-19)10-12-24-20(23-5)26-13-11-18(16-26)25-21(27)29-22(2,3)4;/h7-9,15,18H,6,10-14,16H2,1-5H3,(H,23,24)(H,25,27);1H. The van der Waals surface area contributed by atoms with Crippen LogP contribution < -0.4 is 15.4 Å². The zero-order valence-electron chi connectivity index (χ0n) is 18.9. The molecule has 8 heteroatoms. The summed E-state index contributed by atoms with van der Waals surface area (Å²) in [6, 6.07) is 8.29. The van der Waals surface area contributed by atoms with Gasteiger partial charge in [0.05, 0.1) is 12.6 Å². The monoisotopic (exact) mass is 532 g/mol. The number of carbonyl (C=O) groups excluding carboxylic acids is 1. The predicted molar refractivity (Wildman–Crippen MR) is 132 cm³/mol. The largest absolute Gasteiger partial charge is 0.494 e. The van der Waals surface area contributed by atoms with Crippen LogP contribution in [0.3, 0.4) is 0 Å². The molecule has 0 spiro atoms. The van der Waals surface area contributed by atoms with Crippen LogP contribution in [-0.4, -0.2) is 61.9 Å². The van der Waals surface area contributed by atoms with Crippen molar-refractivity contribution in [1.82, 2.24) is 15.5 Å². The van der Waals surface area contributed by atoms with E-state index >= 15 is 0 Å². The Kier molecular flexibility index (Phi) is 11.3. The first-order valence-corrected chi connectivity index (χ1v) is 10.5. The molecule has 0 aromatic heterocycles. The van der Waals surface area contributed by atoms with Crippen LogP contribution in [0.4, 0.5) is 4.79 Å². The van der Waals surface area contributed by atoms with Gasteiger partial charge in [0.1, 0.15) is 11.4 Å². The number of guanidine groups is 1. The first-order chi connectivity index (χ1) is 13.8. The van der Waals surface area contributed by atoms with Crippen molar-refractivity contribution in [1.29, 1.82) is 0 Å². The lowest BCUT2D eigenvalue weighted by Gasteiger charge is -2.23. The first kappa shape index (κ1) is 26.3. The quantitative estimate of drug-likeness (QED) is 0.318. The van der Waals surface area contributed by atoms with Gasteiger partial charge in [0.2, 0.25) is 0 Å². The van der Waals surface area contributed by atoms with Crippen LogP contribution in [0.1, 0.15) is 46.1 Å². The Morgan fingerprint density at radius 1 is 1.33 bits per heavy atom. The lowest BCUT2D eigenvalue weighted by Crippen LogP contribution is -2.44. The van der Waals surface area contributed by atoms with E-state index in [-0.39, 0.29) is 36.1 Å². The molecular weight excluding hydrogens is 495 g/mol. The Morgan fingerprint density at radius 3 is 2.77 bits per heavy atom. The average Bonchev–Trinajstić information content (AvgIpc) is 3.10. The predicted octanol–water partition coefficient (Wildman–Crippen LogP) is 3.81. The van der Waals surface area contributed by atoms with Gasteiger partial charge < -0.3 is 25.0 Å². The fourth-order valence-electron chi connectivity index (χ4n) is 3.21. The SMILES string of the molecule is CCCOc1cccc(CCNC(=NC)N2CCC(NC(=O)OC(C)(C)C)C2)c1.I. The molecule has 0 bridgehead atoms. The van der Waals surface area contributed by atoms with Gasteiger partial charge in [0.15, 0.2) is 5.96 Å². The van der Waals surface area contributed by atoms with Gasteiger partial charge in [0.25, 0.3) is 0 Å². The molecule has 2 rings (SSSR count). The van der Waals surface area contributed by atoms with E-state index in [0.29, 0.717) is 0 Å². The van der Waals surface area contributed by atoms with Crippen molar-refractivity contribution >= 4 is 36.0 Å². The number of nitrogens with one attached hydrogen (secondary N) is 2. The number of hydrogen-bond acceptors (Lipinski definition) is 4. The highest BCUT2D eigenvalue weighted by molar-refractivity contribution is 14.0. The number of carbonyl (C=O) groups is 1. The molecule has 1 atom stereocenters. The van der Waals surface area contributed by atoms with E-state index in [1.165, 1.54) is 5.56 Å². The lowest BCUT2D eigenvalue weighted by atomic mass is 10.1. The second kappa shape index (κ2) is 12.9. The zero-order valence-corrected chi connectivity index (χ0v) is 21.2. The topological polar surface area (TPSA) is 75.2 Å². The van der Waals surface area contributed by atoms with Gasteiger partial charge in [-0.1, -0.05) is 19.1 Å². The molecule has 1 unspecified atom stereocenters. The van der Waals surface area contributed by atoms with Gasteiger partial charge in [-0.05, 0) is 57.7 Å². The molecule has 1 aromatic rings. The van der Waals surface area contributed by atoms with Crippen molar-refractivity contribution in [2.45, 2.75) is 58.6 Å². The summed E-state index contributed by atoms with van der Waals surface area (Å²) in [5.74, 6) is 1.78. The number of alkyl carbamates (subject to hydrolysis) is 1. The van der Waals surface area contributed by atoms with Gasteiger partial charge in [-0.15, -0.1) is 24.0 Å². The zero-order chi connectivity index (χ0) is 21.3. The van der Waals surface area contributed by atoms with Crippen molar-refractivity contribution in [3.8, 4) is 5.75 Å². The first-order valence-electron chi connectivity index (χ1n) is 10.5. The van der Waals surface area contributed by atoms with E-state index in [1.807, 2.05) is 32.9 Å². The molecule has 170 valence electrons. The maximum Gasteiger partial charge on any atom is 0.407 e. The Morgan fingerprint density at radius 2 is 2.10 bits per heavy atom. The van der Waals surface area contributed by atoms with E-state index in [9.17, 15) is 4.79 Å². The van der Waals surface area contributed by atoms with Crippen LogP contribution in [0.2, 0.25) is 0 Å². The fourth-order valence-corrected chi connectivity index (χ4v) is 3.21. The fraction of sp³-hybridized carbons (Fsp3) is 0.636. The van der Waals surface area contributed by atoms with Crippen LogP contribution in [-0.2, 0) is 11.2 Å². The third kappa shape index (κ3) is 9.40. The normalized spacial score (nSPS) is 16.6. The minimum Gasteiger partial charge on any atom is -0.494 e. The second-order valence-electron chi connectivity index (χ2n) is 8.30. The average molecular weight is 532 g/mol. The molecule has 2 N–H and O–H groups in total. The lowest BCUT2D eigenvalue weighted by molar-refractivity contribution is 0.0507. The summed E-state index contributed by atoms with van der Waals surface area (Å²) in [6.45, 7) is 10.8. The number of aliphatic imine (C=N–C) groups is 1. The van der Waals surface area contributed by atoms with Crippen LogP contribution in [0.5, 0.6) is 5.75 Å². The summed E-state index contributed by atoms with van der Waals surface area (Å²) in [5, 5.41) is 6.38. The van der Waals surface area contributed by atoms with Crippen LogP contribution in [0.25, 0.3) is 0 Å². The number of amides is 1. The molecule has 30 heavy (non-hydrogen) atoms. The number of halogens is 1. The van der Waals surface area contributed by atoms with Gasteiger partial charge >= 0.3 is 6.09 Å². The van der Waals surface area contributed by atoms with Crippen molar-refractivity contribution in [3.05, 3.63) is 29.8 Å². The smallest absolute Gasteiger partial charge is 0.407 e. The van der Waals surface area contributed by atoms with Gasteiger partial charge in [-0.25, -0.2) is 4.79 Å². The molecule has 1 heterocycles. The number of benzene rings is 1. The number of ether oxygens (including phenoxy) is 2. The molecule has 0 radical (unpaired) electrons. The molecular formula is C22H37IN4O3. The Labute approximate surface area is 198 Å². The molecule has 1 amide bonds. The molecule has 0 aliphatic carbocycles. The molecule has 1 aromatic carbocycles. The molecule has 1 aliphatic rings. The minimum absolute atomic E-state index is 0. The van der Waals surface area contributed by atoms with Crippen molar-refractivity contribution < 1.29 is 14.3 Å². The van der Waals surface area contributed by atoms with Crippen molar-refractivity contribution in [3.63, 3.8) is 0 Å². The van der Waals surface area contributed by atoms with Crippen LogP contribution in [0, 0.1) is 0 Å². The maximum absolute atomic E-state index is 12.0. The van der Waals surface area contributed by atoms with E-state index in [4.69, 9.17) is 9.47 Å². The Bertz CT molecular complexity index is 691. The highest BCUT2D eigenvalue weighted by Crippen LogP contribution is 2.14. The maximum atomic E-state index is 12.0. The number of hydrogen-bond donors (Lipinski definition) is 2. The molecule has 1 aliphatic heterocycles. The third-order valence-corrected chi connectivity index (χ3v) is 4.49. The Hall–Kier alpha value is -1.71. The Balaban J connectivity index is 0.00000450. The molecule has 7 nitrogen and oxygen atoms in total. The van der Waals surface area contributed by atoms with Crippen molar-refractivity contribution in [2.24, 2.45) is 4.99 Å². The number of rotatable bonds is 7. The van der Waals surface area contributed by atoms with E-state index in [1.54, 1.807) is 7.05 Å². The molecule has 1 fully saturated rings. The third-order valence-electron chi connectivity index (χ3n) is 4.49. The van der Waals surface area contributed by atoms with E-state index in [2.05, 4.69) is 39.6 Å².